The molecule has 1 heterocycles. The summed E-state index contributed by atoms with van der Waals surface area (Å²) in [5.41, 5.74) is 0.272. The summed E-state index contributed by atoms with van der Waals surface area (Å²) in [7, 11) is 0. The van der Waals surface area contributed by atoms with E-state index in [9.17, 15) is 9.59 Å². The summed E-state index contributed by atoms with van der Waals surface area (Å²) in [5.74, 6) is -0.471. The maximum Gasteiger partial charge on any atom is 0.253 e. The number of nitrogens with one attached hydrogen (secondary N) is 2. The first-order valence-corrected chi connectivity index (χ1v) is 8.97. The number of rotatable bonds is 6. The zero-order valence-electron chi connectivity index (χ0n) is 13.9. The van der Waals surface area contributed by atoms with Gasteiger partial charge in [0, 0.05) is 19.1 Å². The number of hydrogen-bond acceptors (Lipinski definition) is 3. The molecule has 1 saturated heterocycles. The van der Waals surface area contributed by atoms with Crippen molar-refractivity contribution >= 4 is 35.0 Å². The Hall–Kier alpha value is -1.30. The van der Waals surface area contributed by atoms with E-state index in [1.54, 1.807) is 25.1 Å². The van der Waals surface area contributed by atoms with Gasteiger partial charge in [-0.25, -0.2) is 0 Å². The average molecular weight is 372 g/mol. The molecule has 1 aliphatic rings. The molecule has 1 aromatic rings. The zero-order chi connectivity index (χ0) is 17.7. The molecule has 2 rings (SSSR count). The van der Waals surface area contributed by atoms with Crippen molar-refractivity contribution < 1.29 is 9.59 Å². The topological polar surface area (TPSA) is 61.4 Å². The summed E-state index contributed by atoms with van der Waals surface area (Å²) in [4.78, 5) is 27.0. The van der Waals surface area contributed by atoms with Crippen molar-refractivity contribution in [1.29, 1.82) is 0 Å². The third-order valence-electron chi connectivity index (χ3n) is 4.14. The molecule has 5 nitrogen and oxygen atoms in total. The predicted molar refractivity (Wildman–Crippen MR) is 96.7 cm³/mol. The molecule has 1 fully saturated rings. The Morgan fingerprint density at radius 3 is 2.79 bits per heavy atom. The summed E-state index contributed by atoms with van der Waals surface area (Å²) >= 11 is 12.0. The van der Waals surface area contributed by atoms with Crippen LogP contribution in [-0.4, -0.2) is 48.4 Å². The molecule has 2 atom stereocenters. The van der Waals surface area contributed by atoms with Crippen molar-refractivity contribution in [2.24, 2.45) is 0 Å². The highest BCUT2D eigenvalue weighted by Crippen LogP contribution is 2.25. The van der Waals surface area contributed by atoms with Crippen molar-refractivity contribution in [2.75, 3.05) is 19.6 Å². The van der Waals surface area contributed by atoms with Crippen molar-refractivity contribution in [2.45, 2.75) is 38.8 Å². The highest BCUT2D eigenvalue weighted by Gasteiger charge is 2.30. The number of carbonyl (C=O) groups is 2. The SMILES string of the molecule is CCCN(C(=O)C(C)NC(=O)c1cccc(Cl)c1Cl)C1CCNC1. The van der Waals surface area contributed by atoms with Gasteiger partial charge in [-0.2, -0.15) is 0 Å². The Balaban J connectivity index is 2.06. The van der Waals surface area contributed by atoms with Crippen LogP contribution in [0.3, 0.4) is 0 Å². The smallest absolute Gasteiger partial charge is 0.253 e. The molecule has 0 radical (unpaired) electrons. The van der Waals surface area contributed by atoms with E-state index in [1.165, 1.54) is 0 Å². The van der Waals surface area contributed by atoms with Gasteiger partial charge in [0.1, 0.15) is 6.04 Å². The van der Waals surface area contributed by atoms with E-state index in [4.69, 9.17) is 23.2 Å². The average Bonchev–Trinajstić information content (AvgIpc) is 3.08. The van der Waals surface area contributed by atoms with E-state index in [1.807, 2.05) is 11.8 Å². The van der Waals surface area contributed by atoms with E-state index in [-0.39, 0.29) is 22.5 Å². The second-order valence-corrected chi connectivity index (χ2v) is 6.76. The molecule has 1 aliphatic heterocycles. The molecule has 0 aliphatic carbocycles. The Kier molecular flexibility index (Phi) is 6.90. The standard InChI is InChI=1S/C17H23Cl2N3O2/c1-3-9-22(12-7-8-20-10-12)17(24)11(2)21-16(23)13-5-4-6-14(18)15(13)19/h4-6,11-12,20H,3,7-10H2,1-2H3,(H,21,23). The maximum atomic E-state index is 12.8. The second-order valence-electron chi connectivity index (χ2n) is 5.97. The summed E-state index contributed by atoms with van der Waals surface area (Å²) in [6.07, 6.45) is 1.82. The minimum absolute atomic E-state index is 0.0722. The van der Waals surface area contributed by atoms with E-state index in [2.05, 4.69) is 10.6 Å². The van der Waals surface area contributed by atoms with Crippen molar-refractivity contribution in [3.8, 4) is 0 Å². The molecule has 24 heavy (non-hydrogen) atoms. The summed E-state index contributed by atoms with van der Waals surface area (Å²) in [6, 6.07) is 4.42. The number of benzene rings is 1. The van der Waals surface area contributed by atoms with Crippen LogP contribution in [0.4, 0.5) is 0 Å². The number of hydrogen-bond donors (Lipinski definition) is 2. The Labute approximate surface area is 152 Å². The third kappa shape index (κ3) is 4.41. The van der Waals surface area contributed by atoms with E-state index < -0.39 is 11.9 Å². The van der Waals surface area contributed by atoms with Gasteiger partial charge in [-0.15, -0.1) is 0 Å². The quantitative estimate of drug-likeness (QED) is 0.807. The van der Waals surface area contributed by atoms with Gasteiger partial charge in [0.15, 0.2) is 0 Å². The Bertz CT molecular complexity index is 603. The molecule has 0 aromatic heterocycles. The number of amides is 2. The molecule has 1 aromatic carbocycles. The Morgan fingerprint density at radius 1 is 1.42 bits per heavy atom. The monoisotopic (exact) mass is 371 g/mol. The van der Waals surface area contributed by atoms with Gasteiger partial charge in [-0.05, 0) is 38.4 Å². The molecular formula is C17H23Cl2N3O2. The fourth-order valence-corrected chi connectivity index (χ4v) is 3.27. The molecule has 132 valence electrons. The molecule has 7 heteroatoms. The van der Waals surface area contributed by atoms with Gasteiger partial charge in [0.2, 0.25) is 5.91 Å². The minimum atomic E-state index is -0.625. The van der Waals surface area contributed by atoms with Crippen LogP contribution >= 0.6 is 23.2 Å². The fourth-order valence-electron chi connectivity index (χ4n) is 2.88. The molecule has 0 spiro atoms. The van der Waals surface area contributed by atoms with Crippen LogP contribution in [0.15, 0.2) is 18.2 Å². The van der Waals surface area contributed by atoms with Crippen LogP contribution < -0.4 is 10.6 Å². The lowest BCUT2D eigenvalue weighted by molar-refractivity contribution is -0.134. The highest BCUT2D eigenvalue weighted by atomic mass is 35.5. The van der Waals surface area contributed by atoms with Crippen molar-refractivity contribution in [3.05, 3.63) is 33.8 Å². The number of nitrogens with zero attached hydrogens (tertiary/aromatic N) is 1. The van der Waals surface area contributed by atoms with Gasteiger partial charge >= 0.3 is 0 Å². The maximum absolute atomic E-state index is 12.8. The summed E-state index contributed by atoms with van der Waals surface area (Å²) in [5, 5.41) is 6.51. The third-order valence-corrected chi connectivity index (χ3v) is 4.96. The lowest BCUT2D eigenvalue weighted by atomic mass is 10.1. The largest absolute Gasteiger partial charge is 0.340 e. The minimum Gasteiger partial charge on any atom is -0.340 e. The molecule has 0 bridgehead atoms. The van der Waals surface area contributed by atoms with Gasteiger partial charge in [0.25, 0.3) is 5.91 Å². The van der Waals surface area contributed by atoms with Gasteiger partial charge in [0.05, 0.1) is 15.6 Å². The van der Waals surface area contributed by atoms with Crippen LogP contribution in [0.25, 0.3) is 0 Å². The molecular weight excluding hydrogens is 349 g/mol. The van der Waals surface area contributed by atoms with E-state index >= 15 is 0 Å². The lowest BCUT2D eigenvalue weighted by Gasteiger charge is -2.31. The summed E-state index contributed by atoms with van der Waals surface area (Å²) < 4.78 is 0. The first-order valence-electron chi connectivity index (χ1n) is 8.21. The first kappa shape index (κ1) is 19.0. The highest BCUT2D eigenvalue weighted by molar-refractivity contribution is 6.43. The fraction of sp³-hybridized carbons (Fsp3) is 0.529. The van der Waals surface area contributed by atoms with Crippen molar-refractivity contribution in [1.82, 2.24) is 15.5 Å². The first-order chi connectivity index (χ1) is 11.5. The summed E-state index contributed by atoms with van der Waals surface area (Å²) in [6.45, 7) is 6.13. The zero-order valence-corrected chi connectivity index (χ0v) is 15.5. The van der Waals surface area contributed by atoms with E-state index in [0.29, 0.717) is 11.6 Å². The number of carbonyl (C=O) groups excluding carboxylic acids is 2. The van der Waals surface area contributed by atoms with Crippen LogP contribution in [0, 0.1) is 0 Å². The lowest BCUT2D eigenvalue weighted by Crippen LogP contribution is -2.51. The molecule has 2 unspecified atom stereocenters. The normalized spacial score (nSPS) is 18.2. The van der Waals surface area contributed by atoms with E-state index in [0.717, 1.165) is 25.9 Å². The van der Waals surface area contributed by atoms with Crippen molar-refractivity contribution in [3.63, 3.8) is 0 Å². The predicted octanol–water partition coefficient (Wildman–Crippen LogP) is 2.71. The van der Waals surface area contributed by atoms with Crippen LogP contribution in [0.2, 0.25) is 10.0 Å². The van der Waals surface area contributed by atoms with Gasteiger partial charge in [-0.1, -0.05) is 36.2 Å². The molecule has 2 amide bonds. The number of halogens is 2. The van der Waals surface area contributed by atoms with Crippen LogP contribution in [0.1, 0.15) is 37.0 Å². The second kappa shape index (κ2) is 8.70. The van der Waals surface area contributed by atoms with Gasteiger partial charge in [-0.3, -0.25) is 9.59 Å². The molecule has 2 N–H and O–H groups in total. The van der Waals surface area contributed by atoms with Crippen LogP contribution in [-0.2, 0) is 4.79 Å². The Morgan fingerprint density at radius 2 is 2.17 bits per heavy atom. The van der Waals surface area contributed by atoms with Gasteiger partial charge < -0.3 is 15.5 Å². The molecule has 0 saturated carbocycles. The van der Waals surface area contributed by atoms with Crippen LogP contribution in [0.5, 0.6) is 0 Å².